The van der Waals surface area contributed by atoms with Gasteiger partial charge in [-0.1, -0.05) is 48.5 Å². The van der Waals surface area contributed by atoms with Gasteiger partial charge < -0.3 is 56.4 Å². The van der Waals surface area contributed by atoms with Crippen LogP contribution in [0.3, 0.4) is 0 Å². The number of carbonyl (C=O) groups is 8. The van der Waals surface area contributed by atoms with Crippen LogP contribution in [0.25, 0.3) is 21.5 Å². The SMILES string of the molecule is O=C(O)CCN(CCNC(=O)CCN(CCNC(=O)C(=O)NCc1c2ccccc2cc2ccccc12)CCC(=O)NCCN(CCC(=O)O)CCC(=O)O)CCC(=O)O. The van der Waals surface area contributed by atoms with Crippen molar-refractivity contribution in [3.63, 3.8) is 0 Å². The van der Waals surface area contributed by atoms with Crippen molar-refractivity contribution >= 4 is 69.1 Å². The van der Waals surface area contributed by atoms with E-state index in [1.165, 1.54) is 0 Å². The lowest BCUT2D eigenvalue weighted by atomic mass is 9.97. The summed E-state index contributed by atoms with van der Waals surface area (Å²) in [6, 6.07) is 17.6. The minimum absolute atomic E-state index is 0.0108. The molecule has 19 heteroatoms. The molecule has 8 N–H and O–H groups in total. The highest BCUT2D eigenvalue weighted by Crippen LogP contribution is 2.28. The van der Waals surface area contributed by atoms with Gasteiger partial charge in [0.25, 0.3) is 0 Å². The molecule has 3 aromatic carbocycles. The Morgan fingerprint density at radius 3 is 1.13 bits per heavy atom. The predicted octanol–water partition coefficient (Wildman–Crippen LogP) is 0.543. The molecular weight excluding hydrogens is 782 g/mol. The summed E-state index contributed by atoms with van der Waals surface area (Å²) in [5.41, 5.74) is 0.869. The molecule has 0 heterocycles. The second-order valence-corrected chi connectivity index (χ2v) is 14.0. The third kappa shape index (κ3) is 18.6. The minimum Gasteiger partial charge on any atom is -0.481 e. The van der Waals surface area contributed by atoms with E-state index in [1.54, 1.807) is 14.7 Å². The zero-order chi connectivity index (χ0) is 43.9. The smallest absolute Gasteiger partial charge is 0.309 e. The molecule has 0 aromatic heterocycles. The van der Waals surface area contributed by atoms with Crippen molar-refractivity contribution in [1.82, 2.24) is 36.0 Å². The maximum absolute atomic E-state index is 12.9. The van der Waals surface area contributed by atoms with E-state index in [2.05, 4.69) is 27.3 Å². The normalized spacial score (nSPS) is 11.2. The number of hydrogen-bond donors (Lipinski definition) is 8. The van der Waals surface area contributed by atoms with E-state index in [0.29, 0.717) is 0 Å². The first-order valence-corrected chi connectivity index (χ1v) is 19.7. The number of carboxylic acids is 4. The van der Waals surface area contributed by atoms with Gasteiger partial charge in [0.15, 0.2) is 0 Å². The topological polar surface area (TPSA) is 275 Å². The Hall–Kier alpha value is -6.18. The Morgan fingerprint density at radius 2 is 0.750 bits per heavy atom. The number of nitrogens with zero attached hydrogens (tertiary/aromatic N) is 3. The lowest BCUT2D eigenvalue weighted by Crippen LogP contribution is -2.44. The lowest BCUT2D eigenvalue weighted by Gasteiger charge is -2.23. The van der Waals surface area contributed by atoms with E-state index in [-0.39, 0.29) is 135 Å². The molecule has 0 aliphatic heterocycles. The van der Waals surface area contributed by atoms with Gasteiger partial charge in [0.1, 0.15) is 0 Å². The Kier molecular flexibility index (Phi) is 20.9. The van der Waals surface area contributed by atoms with Crippen LogP contribution in [0.1, 0.15) is 44.1 Å². The highest BCUT2D eigenvalue weighted by molar-refractivity contribution is 6.35. The molecule has 19 nitrogen and oxygen atoms in total. The monoisotopic (exact) mass is 837 g/mol. The second kappa shape index (κ2) is 26.0. The van der Waals surface area contributed by atoms with Crippen LogP contribution in [0.2, 0.25) is 0 Å². The molecule has 4 amide bonds. The third-order valence-corrected chi connectivity index (χ3v) is 9.61. The molecule has 0 atom stereocenters. The Morgan fingerprint density at radius 1 is 0.417 bits per heavy atom. The number of hydrogen-bond acceptors (Lipinski definition) is 11. The number of aliphatic carboxylic acids is 4. The molecule has 0 saturated carbocycles. The molecule has 0 radical (unpaired) electrons. The maximum atomic E-state index is 12.9. The average Bonchev–Trinajstić information content (AvgIpc) is 3.21. The fourth-order valence-corrected chi connectivity index (χ4v) is 6.38. The van der Waals surface area contributed by atoms with Gasteiger partial charge >= 0.3 is 35.7 Å². The van der Waals surface area contributed by atoms with E-state index in [9.17, 15) is 38.4 Å². The van der Waals surface area contributed by atoms with E-state index in [1.807, 2.05) is 48.5 Å². The van der Waals surface area contributed by atoms with Crippen LogP contribution in [-0.4, -0.2) is 161 Å². The summed E-state index contributed by atoms with van der Waals surface area (Å²) < 4.78 is 0. The van der Waals surface area contributed by atoms with Crippen molar-refractivity contribution in [3.8, 4) is 0 Å². The van der Waals surface area contributed by atoms with Crippen LogP contribution < -0.4 is 21.3 Å². The number of nitrogens with one attached hydrogen (secondary N) is 4. The van der Waals surface area contributed by atoms with Crippen molar-refractivity contribution in [1.29, 1.82) is 0 Å². The number of fused-ring (bicyclic) bond motifs is 2. The van der Waals surface area contributed by atoms with Gasteiger partial charge in [0.2, 0.25) is 11.8 Å². The lowest BCUT2D eigenvalue weighted by molar-refractivity contribution is -0.139. The van der Waals surface area contributed by atoms with Crippen molar-refractivity contribution < 1.29 is 58.8 Å². The van der Waals surface area contributed by atoms with Crippen LogP contribution in [-0.2, 0) is 44.9 Å². The summed E-state index contributed by atoms with van der Waals surface area (Å²) in [7, 11) is 0. The molecule has 3 rings (SSSR count). The second-order valence-electron chi connectivity index (χ2n) is 14.0. The zero-order valence-electron chi connectivity index (χ0n) is 33.5. The van der Waals surface area contributed by atoms with Gasteiger partial charge in [0, 0.05) is 97.9 Å². The quantitative estimate of drug-likeness (QED) is 0.0350. The van der Waals surface area contributed by atoms with Crippen LogP contribution >= 0.6 is 0 Å². The fourth-order valence-electron chi connectivity index (χ4n) is 6.38. The van der Waals surface area contributed by atoms with Crippen molar-refractivity contribution in [2.75, 3.05) is 78.5 Å². The molecule has 0 bridgehead atoms. The van der Waals surface area contributed by atoms with Gasteiger partial charge in [0.05, 0.1) is 25.7 Å². The minimum atomic E-state index is -1.03. The Labute approximate surface area is 347 Å². The molecule has 0 saturated heterocycles. The molecule has 326 valence electrons. The molecule has 0 fully saturated rings. The molecule has 0 unspecified atom stereocenters. The summed E-state index contributed by atoms with van der Waals surface area (Å²) in [5.74, 6) is -6.54. The molecule has 60 heavy (non-hydrogen) atoms. The predicted molar refractivity (Wildman–Crippen MR) is 220 cm³/mol. The molecule has 0 spiro atoms. The van der Waals surface area contributed by atoms with Gasteiger partial charge in [-0.05, 0) is 33.2 Å². The summed E-state index contributed by atoms with van der Waals surface area (Å²) >= 11 is 0. The molecule has 0 aliphatic rings. The van der Waals surface area contributed by atoms with E-state index in [0.717, 1.165) is 27.1 Å². The third-order valence-electron chi connectivity index (χ3n) is 9.61. The van der Waals surface area contributed by atoms with Crippen LogP contribution in [0.4, 0.5) is 0 Å². The van der Waals surface area contributed by atoms with E-state index in [4.69, 9.17) is 20.4 Å². The summed E-state index contributed by atoms with van der Waals surface area (Å²) in [5, 5.41) is 50.7. The maximum Gasteiger partial charge on any atom is 0.309 e. The first-order chi connectivity index (χ1) is 28.7. The van der Waals surface area contributed by atoms with Crippen LogP contribution in [0.15, 0.2) is 54.6 Å². The summed E-state index contributed by atoms with van der Waals surface area (Å²) in [4.78, 5) is 100. The first kappa shape index (κ1) is 48.2. The van der Waals surface area contributed by atoms with Crippen molar-refractivity contribution in [2.24, 2.45) is 0 Å². The van der Waals surface area contributed by atoms with E-state index < -0.39 is 35.7 Å². The number of carbonyl (C=O) groups excluding carboxylic acids is 4. The van der Waals surface area contributed by atoms with Gasteiger partial charge in [-0.3, -0.25) is 38.4 Å². The number of carboxylic acid groups (broad SMARTS) is 4. The van der Waals surface area contributed by atoms with Gasteiger partial charge in [-0.2, -0.15) is 0 Å². The molecular formula is C41H55N7O12. The number of benzene rings is 3. The average molecular weight is 838 g/mol. The van der Waals surface area contributed by atoms with Crippen molar-refractivity contribution in [3.05, 3.63) is 60.2 Å². The fraction of sp³-hybridized carbons (Fsp3) is 0.463. The number of amides is 4. The van der Waals surface area contributed by atoms with E-state index >= 15 is 0 Å². The van der Waals surface area contributed by atoms with Crippen LogP contribution in [0.5, 0.6) is 0 Å². The Bertz CT molecular complexity index is 1810. The van der Waals surface area contributed by atoms with Gasteiger partial charge in [-0.15, -0.1) is 0 Å². The standard InChI is InChI=1S/C41H55N7O12/c49-34(42-15-24-47(20-11-36(51)52)21-12-37(53)54)9-18-46(19-10-35(50)43-16-25-48(22-13-38(55)56)23-14-39(57)58)26-17-44-40(59)41(60)45-28-33-31-7-3-1-5-29(31)27-30-6-2-4-8-32(30)33/h1-8,27H,9-26,28H2,(H,42,49)(H,43,50)(H,44,59)(H,45,60)(H,51,52)(H,53,54)(H,55,56)(H,57,58). The summed E-state index contributed by atoms with van der Waals surface area (Å²) in [6.07, 6.45) is -0.789. The highest BCUT2D eigenvalue weighted by atomic mass is 16.4. The Balaban J connectivity index is 1.56. The number of rotatable bonds is 29. The summed E-state index contributed by atoms with van der Waals surface area (Å²) in [6.45, 7) is 1.79. The van der Waals surface area contributed by atoms with Gasteiger partial charge in [-0.25, -0.2) is 0 Å². The van der Waals surface area contributed by atoms with Crippen molar-refractivity contribution in [2.45, 2.75) is 45.1 Å². The molecule has 3 aromatic rings. The molecule has 0 aliphatic carbocycles. The zero-order valence-corrected chi connectivity index (χ0v) is 33.5. The largest absolute Gasteiger partial charge is 0.481 e. The first-order valence-electron chi connectivity index (χ1n) is 19.7. The van der Waals surface area contributed by atoms with Crippen LogP contribution in [0, 0.1) is 0 Å². The highest BCUT2D eigenvalue weighted by Gasteiger charge is 2.18.